The number of fused-ring (bicyclic) bond motifs is 1. The van der Waals surface area contributed by atoms with E-state index in [1.165, 1.54) is 0 Å². The lowest BCUT2D eigenvalue weighted by Crippen LogP contribution is -1.94. The highest BCUT2D eigenvalue weighted by Crippen LogP contribution is 2.33. The first kappa shape index (κ1) is 13.6. The summed E-state index contributed by atoms with van der Waals surface area (Å²) < 4.78 is 0. The van der Waals surface area contributed by atoms with E-state index < -0.39 is 0 Å². The number of aryl methyl sites for hydroxylation is 1. The third-order valence-electron chi connectivity index (χ3n) is 3.06. The number of hydrogen-bond donors (Lipinski definition) is 0. The Morgan fingerprint density at radius 2 is 1.65 bits per heavy atom. The molecule has 3 rings (SSSR count). The Kier molecular flexibility index (Phi) is 3.55. The molecule has 0 saturated heterocycles. The molecule has 5 heteroatoms. The molecule has 0 N–H and O–H groups in total. The van der Waals surface area contributed by atoms with E-state index in [4.69, 9.17) is 34.8 Å². The third-order valence-corrected chi connectivity index (χ3v) is 4.15. The van der Waals surface area contributed by atoms with Crippen molar-refractivity contribution in [1.29, 1.82) is 0 Å². The molecule has 2 nitrogen and oxygen atoms in total. The van der Waals surface area contributed by atoms with Gasteiger partial charge in [-0.3, -0.25) is 0 Å². The lowest BCUT2D eigenvalue weighted by molar-refractivity contribution is 1.22. The number of rotatable bonds is 1. The van der Waals surface area contributed by atoms with Gasteiger partial charge >= 0.3 is 0 Å². The highest BCUT2D eigenvalue weighted by Gasteiger charge is 2.13. The maximum atomic E-state index is 6.31. The Hall–Kier alpha value is -1.35. The van der Waals surface area contributed by atoms with Crippen LogP contribution in [0.1, 0.15) is 5.56 Å². The average molecular weight is 324 g/mol. The van der Waals surface area contributed by atoms with Crippen molar-refractivity contribution in [2.24, 2.45) is 0 Å². The summed E-state index contributed by atoms with van der Waals surface area (Å²) in [6.07, 6.45) is 0. The number of aromatic nitrogens is 2. The highest BCUT2D eigenvalue weighted by atomic mass is 35.5. The van der Waals surface area contributed by atoms with E-state index in [0.717, 1.165) is 11.1 Å². The van der Waals surface area contributed by atoms with E-state index >= 15 is 0 Å². The Labute approximate surface area is 131 Å². The molecule has 0 aliphatic heterocycles. The Morgan fingerprint density at radius 3 is 2.45 bits per heavy atom. The van der Waals surface area contributed by atoms with Gasteiger partial charge in [-0.2, -0.15) is 0 Å². The zero-order valence-corrected chi connectivity index (χ0v) is 12.8. The smallest absolute Gasteiger partial charge is 0.163 e. The van der Waals surface area contributed by atoms with Gasteiger partial charge in [0.15, 0.2) is 5.82 Å². The van der Waals surface area contributed by atoms with Crippen LogP contribution in [0.3, 0.4) is 0 Å². The summed E-state index contributed by atoms with van der Waals surface area (Å²) in [6, 6.07) is 11.2. The Balaban J connectivity index is 2.31. The second-order valence-corrected chi connectivity index (χ2v) is 5.55. The second-order valence-electron chi connectivity index (χ2n) is 4.41. The van der Waals surface area contributed by atoms with Crippen LogP contribution in [0.4, 0.5) is 0 Å². The van der Waals surface area contributed by atoms with E-state index in [1.54, 1.807) is 6.07 Å². The maximum Gasteiger partial charge on any atom is 0.163 e. The van der Waals surface area contributed by atoms with Gasteiger partial charge in [0.25, 0.3) is 0 Å². The van der Waals surface area contributed by atoms with Crippen molar-refractivity contribution in [3.8, 4) is 11.4 Å². The minimum atomic E-state index is 0.327. The van der Waals surface area contributed by atoms with E-state index in [1.807, 2.05) is 37.3 Å². The molecule has 0 spiro atoms. The maximum absolute atomic E-state index is 6.31. The molecule has 2 aromatic carbocycles. The molecule has 0 aliphatic carbocycles. The van der Waals surface area contributed by atoms with Gasteiger partial charge in [0.2, 0.25) is 0 Å². The molecule has 0 radical (unpaired) electrons. The summed E-state index contributed by atoms with van der Waals surface area (Å²) in [6.45, 7) is 1.94. The normalized spacial score (nSPS) is 11.0. The third kappa shape index (κ3) is 2.24. The fourth-order valence-corrected chi connectivity index (χ4v) is 2.84. The average Bonchev–Trinajstić information content (AvgIpc) is 2.41. The van der Waals surface area contributed by atoms with Crippen LogP contribution in [0, 0.1) is 6.92 Å². The molecule has 0 bridgehead atoms. The minimum absolute atomic E-state index is 0.327. The molecular formula is C15H9Cl3N2. The monoisotopic (exact) mass is 322 g/mol. The zero-order valence-electron chi connectivity index (χ0n) is 10.5. The van der Waals surface area contributed by atoms with Crippen molar-refractivity contribution in [2.75, 3.05) is 0 Å². The number of nitrogens with zero attached hydrogens (tertiary/aromatic N) is 2. The van der Waals surface area contributed by atoms with Gasteiger partial charge in [0.05, 0.1) is 20.9 Å². The number of hydrogen-bond acceptors (Lipinski definition) is 2. The molecule has 1 heterocycles. The van der Waals surface area contributed by atoms with Gasteiger partial charge in [-0.25, -0.2) is 9.97 Å². The lowest BCUT2D eigenvalue weighted by atomic mass is 10.1. The zero-order chi connectivity index (χ0) is 14.3. The largest absolute Gasteiger partial charge is 0.228 e. The van der Waals surface area contributed by atoms with Crippen LogP contribution in [0.5, 0.6) is 0 Å². The van der Waals surface area contributed by atoms with E-state index in [-0.39, 0.29) is 0 Å². The quantitative estimate of drug-likeness (QED) is 0.547. The van der Waals surface area contributed by atoms with Gasteiger partial charge in [-0.1, -0.05) is 53.0 Å². The van der Waals surface area contributed by atoms with Crippen LogP contribution in [0.25, 0.3) is 22.3 Å². The summed E-state index contributed by atoms with van der Waals surface area (Å²) >= 11 is 18.7. The highest BCUT2D eigenvalue weighted by molar-refractivity contribution is 6.41. The van der Waals surface area contributed by atoms with E-state index in [0.29, 0.717) is 31.9 Å². The number of benzene rings is 2. The fourth-order valence-electron chi connectivity index (χ4n) is 2.04. The van der Waals surface area contributed by atoms with Crippen LogP contribution >= 0.6 is 34.8 Å². The molecule has 0 aliphatic rings. The van der Waals surface area contributed by atoms with Gasteiger partial charge in [0.1, 0.15) is 5.15 Å². The van der Waals surface area contributed by atoms with Gasteiger partial charge in [-0.15, -0.1) is 0 Å². The van der Waals surface area contributed by atoms with Gasteiger partial charge in [0, 0.05) is 5.56 Å². The van der Waals surface area contributed by atoms with Crippen molar-refractivity contribution in [2.45, 2.75) is 6.92 Å². The minimum Gasteiger partial charge on any atom is -0.228 e. The first-order valence-electron chi connectivity index (χ1n) is 5.95. The summed E-state index contributed by atoms with van der Waals surface area (Å²) in [4.78, 5) is 8.82. The van der Waals surface area contributed by atoms with Crippen LogP contribution in [0.2, 0.25) is 15.2 Å². The van der Waals surface area contributed by atoms with Crippen molar-refractivity contribution in [1.82, 2.24) is 9.97 Å². The predicted octanol–water partition coefficient (Wildman–Crippen LogP) is 5.57. The topological polar surface area (TPSA) is 25.8 Å². The molecule has 1 aromatic heterocycles. The predicted molar refractivity (Wildman–Crippen MR) is 84.7 cm³/mol. The van der Waals surface area contributed by atoms with Crippen molar-refractivity contribution in [3.05, 3.63) is 57.2 Å². The standard InChI is InChI=1S/C15H9Cl3N2/c1-8-4-2-5-9(13(8)17)15-19-11-7-3-6-10(16)12(11)14(18)20-15/h2-7H,1H3. The van der Waals surface area contributed by atoms with E-state index in [9.17, 15) is 0 Å². The van der Waals surface area contributed by atoms with Gasteiger partial charge in [-0.05, 0) is 30.7 Å². The first-order chi connectivity index (χ1) is 9.58. The summed E-state index contributed by atoms with van der Waals surface area (Å²) in [5.74, 6) is 0.499. The first-order valence-corrected chi connectivity index (χ1v) is 7.08. The molecule has 0 saturated carbocycles. The van der Waals surface area contributed by atoms with Crippen molar-refractivity contribution in [3.63, 3.8) is 0 Å². The molecule has 0 amide bonds. The molecule has 20 heavy (non-hydrogen) atoms. The molecule has 0 atom stereocenters. The van der Waals surface area contributed by atoms with Crippen molar-refractivity contribution < 1.29 is 0 Å². The molecule has 100 valence electrons. The summed E-state index contributed by atoms with van der Waals surface area (Å²) in [5, 5.41) is 2.15. The summed E-state index contributed by atoms with van der Waals surface area (Å²) in [5.41, 5.74) is 2.43. The second kappa shape index (κ2) is 5.21. The summed E-state index contributed by atoms with van der Waals surface area (Å²) in [7, 11) is 0. The van der Waals surface area contributed by atoms with Crippen LogP contribution in [-0.2, 0) is 0 Å². The van der Waals surface area contributed by atoms with E-state index in [2.05, 4.69) is 9.97 Å². The Morgan fingerprint density at radius 1 is 0.900 bits per heavy atom. The molecule has 3 aromatic rings. The Bertz CT molecular complexity index is 816. The van der Waals surface area contributed by atoms with Crippen LogP contribution in [-0.4, -0.2) is 9.97 Å². The lowest BCUT2D eigenvalue weighted by Gasteiger charge is -2.08. The fraction of sp³-hybridized carbons (Fsp3) is 0.0667. The molecule has 0 unspecified atom stereocenters. The van der Waals surface area contributed by atoms with Crippen LogP contribution in [0.15, 0.2) is 36.4 Å². The van der Waals surface area contributed by atoms with Gasteiger partial charge < -0.3 is 0 Å². The SMILES string of the molecule is Cc1cccc(-c2nc(Cl)c3c(Cl)cccc3n2)c1Cl. The number of halogens is 3. The van der Waals surface area contributed by atoms with Crippen LogP contribution < -0.4 is 0 Å². The molecular weight excluding hydrogens is 315 g/mol. The molecule has 0 fully saturated rings. The van der Waals surface area contributed by atoms with Crippen molar-refractivity contribution >= 4 is 45.7 Å².